The van der Waals surface area contributed by atoms with Gasteiger partial charge in [-0.05, 0) is 30.3 Å². The zero-order chi connectivity index (χ0) is 13.9. The molecule has 0 unspecified atom stereocenters. The third-order valence-electron chi connectivity index (χ3n) is 2.21. The minimum atomic E-state index is -3.66. The molecular weight excluding hydrogens is 334 g/mol. The average Bonchev–Trinajstić information content (AvgIpc) is 2.40. The summed E-state index contributed by atoms with van der Waals surface area (Å²) in [5, 5.41) is 7.39. The van der Waals surface area contributed by atoms with Crippen LogP contribution in [0, 0.1) is 0 Å². The minimum absolute atomic E-state index is 0.128. The lowest BCUT2D eigenvalue weighted by molar-refractivity contribution is 0.392. The fraction of sp³-hybridized carbons (Fsp3) is 0.0909. The van der Waals surface area contributed by atoms with Crippen LogP contribution in [0.5, 0.6) is 5.88 Å². The first-order valence-electron chi connectivity index (χ1n) is 5.17. The van der Waals surface area contributed by atoms with Gasteiger partial charge in [0.15, 0.2) is 5.82 Å². The van der Waals surface area contributed by atoms with Gasteiger partial charge in [0.1, 0.15) is 0 Å². The average molecular weight is 344 g/mol. The maximum atomic E-state index is 12.0. The first-order valence-corrected chi connectivity index (χ1v) is 7.45. The number of methoxy groups -OCH3 is 1. The third kappa shape index (κ3) is 3.42. The standard InChI is InChI=1S/C11H10BrN3O3S/c1-18-11-7-6-10(13-14-11)15-19(16,17)9-4-2-8(12)3-5-9/h2-7H,1H3,(H,13,15). The summed E-state index contributed by atoms with van der Waals surface area (Å²) in [6.07, 6.45) is 0. The monoisotopic (exact) mass is 343 g/mol. The predicted molar refractivity (Wildman–Crippen MR) is 73.5 cm³/mol. The van der Waals surface area contributed by atoms with Gasteiger partial charge in [0.25, 0.3) is 10.0 Å². The van der Waals surface area contributed by atoms with Crippen molar-refractivity contribution in [3.8, 4) is 5.88 Å². The van der Waals surface area contributed by atoms with Gasteiger partial charge >= 0.3 is 0 Å². The van der Waals surface area contributed by atoms with E-state index < -0.39 is 10.0 Å². The van der Waals surface area contributed by atoms with Crippen molar-refractivity contribution in [1.29, 1.82) is 0 Å². The molecule has 1 N–H and O–H groups in total. The summed E-state index contributed by atoms with van der Waals surface area (Å²) >= 11 is 3.24. The molecule has 0 saturated heterocycles. The molecule has 1 heterocycles. The highest BCUT2D eigenvalue weighted by Gasteiger charge is 2.14. The Balaban J connectivity index is 2.23. The fourth-order valence-electron chi connectivity index (χ4n) is 1.29. The van der Waals surface area contributed by atoms with Gasteiger partial charge in [0.05, 0.1) is 12.0 Å². The summed E-state index contributed by atoms with van der Waals surface area (Å²) in [6, 6.07) is 9.27. The second-order valence-electron chi connectivity index (χ2n) is 3.52. The number of hydrogen-bond acceptors (Lipinski definition) is 5. The van der Waals surface area contributed by atoms with E-state index in [2.05, 4.69) is 30.8 Å². The van der Waals surface area contributed by atoms with Crippen LogP contribution in [-0.4, -0.2) is 25.7 Å². The molecule has 1 aromatic carbocycles. The van der Waals surface area contributed by atoms with Crippen molar-refractivity contribution < 1.29 is 13.2 Å². The van der Waals surface area contributed by atoms with Gasteiger partial charge in [0.2, 0.25) is 5.88 Å². The van der Waals surface area contributed by atoms with Crippen LogP contribution in [-0.2, 0) is 10.0 Å². The van der Waals surface area contributed by atoms with Crippen molar-refractivity contribution in [2.24, 2.45) is 0 Å². The van der Waals surface area contributed by atoms with E-state index in [1.165, 1.54) is 31.4 Å². The lowest BCUT2D eigenvalue weighted by Crippen LogP contribution is -2.14. The second kappa shape index (κ2) is 5.54. The number of hydrogen-bond donors (Lipinski definition) is 1. The lowest BCUT2D eigenvalue weighted by Gasteiger charge is -2.07. The van der Waals surface area contributed by atoms with Gasteiger partial charge in [-0.25, -0.2) is 8.42 Å². The van der Waals surface area contributed by atoms with E-state index in [0.29, 0.717) is 5.88 Å². The molecule has 0 bridgehead atoms. The van der Waals surface area contributed by atoms with Crippen LogP contribution in [0.15, 0.2) is 45.8 Å². The van der Waals surface area contributed by atoms with Crippen LogP contribution >= 0.6 is 15.9 Å². The topological polar surface area (TPSA) is 81.2 Å². The minimum Gasteiger partial charge on any atom is -0.480 e. The molecular formula is C11H10BrN3O3S. The summed E-state index contributed by atoms with van der Waals surface area (Å²) in [5.74, 6) is 0.440. The second-order valence-corrected chi connectivity index (χ2v) is 6.12. The number of nitrogens with zero attached hydrogens (tertiary/aromatic N) is 2. The molecule has 1 aromatic heterocycles. The first kappa shape index (κ1) is 13.8. The molecule has 0 aliphatic rings. The Labute approximate surface area is 119 Å². The molecule has 0 aliphatic heterocycles. The van der Waals surface area contributed by atoms with Crippen LogP contribution in [0.25, 0.3) is 0 Å². The molecule has 19 heavy (non-hydrogen) atoms. The zero-order valence-electron chi connectivity index (χ0n) is 9.87. The fourth-order valence-corrected chi connectivity index (χ4v) is 2.55. The molecule has 0 aliphatic carbocycles. The summed E-state index contributed by atoms with van der Waals surface area (Å²) < 4.78 is 32.1. The van der Waals surface area contributed by atoms with Crippen molar-refractivity contribution >= 4 is 31.8 Å². The van der Waals surface area contributed by atoms with Crippen molar-refractivity contribution in [2.45, 2.75) is 4.90 Å². The van der Waals surface area contributed by atoms with Gasteiger partial charge in [-0.15, -0.1) is 10.2 Å². The van der Waals surface area contributed by atoms with Gasteiger partial charge in [-0.3, -0.25) is 4.72 Å². The largest absolute Gasteiger partial charge is 0.480 e. The summed E-state index contributed by atoms with van der Waals surface area (Å²) in [5.41, 5.74) is 0. The van der Waals surface area contributed by atoms with E-state index in [1.807, 2.05) is 0 Å². The zero-order valence-corrected chi connectivity index (χ0v) is 12.3. The van der Waals surface area contributed by atoms with Crippen LogP contribution < -0.4 is 9.46 Å². The molecule has 8 heteroatoms. The number of halogens is 1. The van der Waals surface area contributed by atoms with Crippen molar-refractivity contribution in [1.82, 2.24) is 10.2 Å². The Morgan fingerprint density at radius 2 is 1.79 bits per heavy atom. The number of aromatic nitrogens is 2. The molecule has 2 aromatic rings. The van der Waals surface area contributed by atoms with Gasteiger partial charge in [-0.1, -0.05) is 15.9 Å². The lowest BCUT2D eigenvalue weighted by atomic mass is 10.4. The van der Waals surface area contributed by atoms with E-state index in [0.717, 1.165) is 4.47 Å². The SMILES string of the molecule is COc1ccc(NS(=O)(=O)c2ccc(Br)cc2)nn1. The number of benzene rings is 1. The quantitative estimate of drug-likeness (QED) is 0.918. The highest BCUT2D eigenvalue weighted by atomic mass is 79.9. The number of nitrogens with one attached hydrogen (secondary N) is 1. The molecule has 2 rings (SSSR count). The van der Waals surface area contributed by atoms with Crippen molar-refractivity contribution in [2.75, 3.05) is 11.8 Å². The van der Waals surface area contributed by atoms with Gasteiger partial charge in [-0.2, -0.15) is 0 Å². The number of anilines is 1. The summed E-state index contributed by atoms with van der Waals surface area (Å²) in [6.45, 7) is 0. The Kier molecular flexibility index (Phi) is 4.01. The van der Waals surface area contributed by atoms with Crippen LogP contribution in [0.4, 0.5) is 5.82 Å². The number of ether oxygens (including phenoxy) is 1. The number of sulfonamides is 1. The van der Waals surface area contributed by atoms with Gasteiger partial charge < -0.3 is 4.74 Å². The Morgan fingerprint density at radius 1 is 1.11 bits per heavy atom. The summed E-state index contributed by atoms with van der Waals surface area (Å²) in [4.78, 5) is 0.147. The van der Waals surface area contributed by atoms with Crippen LogP contribution in [0.1, 0.15) is 0 Å². The molecule has 0 radical (unpaired) electrons. The third-order valence-corrected chi connectivity index (χ3v) is 4.11. The van der Waals surface area contributed by atoms with E-state index in [9.17, 15) is 8.42 Å². The maximum absolute atomic E-state index is 12.0. The highest BCUT2D eigenvalue weighted by Crippen LogP contribution is 2.17. The Hall–Kier alpha value is -1.67. The smallest absolute Gasteiger partial charge is 0.263 e. The molecule has 0 spiro atoms. The normalized spacial score (nSPS) is 11.1. The summed E-state index contributed by atoms with van der Waals surface area (Å²) in [7, 11) is -2.21. The van der Waals surface area contributed by atoms with Crippen LogP contribution in [0.2, 0.25) is 0 Å². The maximum Gasteiger partial charge on any atom is 0.263 e. The van der Waals surface area contributed by atoms with E-state index in [1.54, 1.807) is 12.1 Å². The number of rotatable bonds is 4. The highest BCUT2D eigenvalue weighted by molar-refractivity contribution is 9.10. The molecule has 100 valence electrons. The molecule has 0 atom stereocenters. The molecule has 6 nitrogen and oxygen atoms in total. The molecule has 0 fully saturated rings. The van der Waals surface area contributed by atoms with E-state index >= 15 is 0 Å². The van der Waals surface area contributed by atoms with Crippen LogP contribution in [0.3, 0.4) is 0 Å². The molecule has 0 saturated carbocycles. The molecule has 0 amide bonds. The van der Waals surface area contributed by atoms with Gasteiger partial charge in [0, 0.05) is 10.5 Å². The Morgan fingerprint density at radius 3 is 2.32 bits per heavy atom. The van der Waals surface area contributed by atoms with E-state index in [-0.39, 0.29) is 10.7 Å². The first-order chi connectivity index (χ1) is 9.01. The Bertz CT molecular complexity index is 657. The van der Waals surface area contributed by atoms with Crippen molar-refractivity contribution in [3.63, 3.8) is 0 Å². The predicted octanol–water partition coefficient (Wildman–Crippen LogP) is 2.05. The van der Waals surface area contributed by atoms with Crippen molar-refractivity contribution in [3.05, 3.63) is 40.9 Å². The van der Waals surface area contributed by atoms with E-state index in [4.69, 9.17) is 4.74 Å².